The Hall–Kier alpha value is -3.53. The lowest BCUT2D eigenvalue weighted by molar-refractivity contribution is -0.220. The molecule has 4 aliphatic rings. The third kappa shape index (κ3) is 3.68. The van der Waals surface area contributed by atoms with Crippen molar-refractivity contribution in [3.63, 3.8) is 0 Å². The van der Waals surface area contributed by atoms with Gasteiger partial charge in [-0.3, -0.25) is 14.5 Å². The molecule has 0 unspecified atom stereocenters. The van der Waals surface area contributed by atoms with E-state index in [0.29, 0.717) is 37.0 Å². The van der Waals surface area contributed by atoms with Gasteiger partial charge in [-0.2, -0.15) is 13.2 Å². The summed E-state index contributed by atoms with van der Waals surface area (Å²) >= 11 is 0. The van der Waals surface area contributed by atoms with Crippen LogP contribution in [0.25, 0.3) is 6.08 Å². The van der Waals surface area contributed by atoms with Crippen LogP contribution in [0, 0.1) is 0 Å². The number of likely N-dealkylation sites (N-methyl/N-ethyl adjacent to an activating group) is 2. The van der Waals surface area contributed by atoms with E-state index in [1.54, 1.807) is 18.0 Å². The van der Waals surface area contributed by atoms with Gasteiger partial charge in [0.1, 0.15) is 11.7 Å². The van der Waals surface area contributed by atoms with Crippen molar-refractivity contribution in [3.8, 4) is 11.5 Å². The summed E-state index contributed by atoms with van der Waals surface area (Å²) in [6.45, 7) is 2.15. The number of rotatable bonds is 4. The van der Waals surface area contributed by atoms with E-state index in [9.17, 15) is 27.9 Å². The summed E-state index contributed by atoms with van der Waals surface area (Å²) in [6.07, 6.45) is 0.139. The molecule has 0 aromatic heterocycles. The van der Waals surface area contributed by atoms with E-state index in [1.807, 2.05) is 13.1 Å². The molecule has 5 atom stereocenters. The molecule has 2 aliphatic carbocycles. The van der Waals surface area contributed by atoms with Gasteiger partial charge in [-0.15, -0.1) is 0 Å². The Balaban J connectivity index is 1.36. The minimum atomic E-state index is -4.43. The second kappa shape index (κ2) is 8.99. The number of nitrogens with zero attached hydrogens (tertiary/aromatic N) is 2. The zero-order valence-electron chi connectivity index (χ0n) is 22.5. The highest BCUT2D eigenvalue weighted by Gasteiger charge is 2.75. The average molecular weight is 557 g/mol. The number of carbonyl (C=O) groups excluding carboxylic acids is 2. The van der Waals surface area contributed by atoms with E-state index >= 15 is 0 Å². The van der Waals surface area contributed by atoms with Gasteiger partial charge in [0.15, 0.2) is 11.5 Å². The fraction of sp³-hybridized carbons (Fsp3) is 0.467. The first-order valence-corrected chi connectivity index (χ1v) is 13.4. The number of halogens is 3. The number of ether oxygens (including phenoxy) is 2. The summed E-state index contributed by atoms with van der Waals surface area (Å²) in [7, 11) is 3.72. The molecule has 2 bridgehead atoms. The quantitative estimate of drug-likeness (QED) is 0.447. The zero-order valence-corrected chi connectivity index (χ0v) is 22.5. The molecule has 2 heterocycles. The summed E-state index contributed by atoms with van der Waals surface area (Å²) in [5.41, 5.74) is 0.0246. The van der Waals surface area contributed by atoms with E-state index in [0.717, 1.165) is 29.8 Å². The first kappa shape index (κ1) is 26.7. The number of alkyl halides is 3. The molecular formula is C30H31F3N2O5. The SMILES string of the molecule is CC(=O)O[C@@]12CC[C@H](N(C)C(=O)C=Cc3ccc(C(F)(F)F)cc3)[C@@H]3Oc4c(O)ccc5c4[C@@]31CCN(C)[C@@H]2C5. The van der Waals surface area contributed by atoms with Gasteiger partial charge >= 0.3 is 12.1 Å². The summed E-state index contributed by atoms with van der Waals surface area (Å²) in [6, 6.07) is 7.68. The summed E-state index contributed by atoms with van der Waals surface area (Å²) < 4.78 is 51.6. The van der Waals surface area contributed by atoms with E-state index in [-0.39, 0.29) is 23.7 Å². The number of likely N-dealkylation sites (tertiary alicyclic amines) is 1. The van der Waals surface area contributed by atoms with Crippen LogP contribution in [0.4, 0.5) is 13.2 Å². The Morgan fingerprint density at radius 1 is 1.18 bits per heavy atom. The van der Waals surface area contributed by atoms with Crippen molar-refractivity contribution in [2.24, 2.45) is 0 Å². The Morgan fingerprint density at radius 2 is 1.90 bits per heavy atom. The van der Waals surface area contributed by atoms with E-state index in [1.165, 1.54) is 31.2 Å². The Morgan fingerprint density at radius 3 is 2.58 bits per heavy atom. The van der Waals surface area contributed by atoms with Crippen molar-refractivity contribution in [3.05, 3.63) is 64.7 Å². The molecule has 2 fully saturated rings. The minimum Gasteiger partial charge on any atom is -0.504 e. The van der Waals surface area contributed by atoms with Gasteiger partial charge in [-0.05, 0) is 74.7 Å². The first-order valence-electron chi connectivity index (χ1n) is 13.4. The second-order valence-electron chi connectivity index (χ2n) is 11.4. The highest BCUT2D eigenvalue weighted by Crippen LogP contribution is 2.66. The Kier molecular flexibility index (Phi) is 6.00. The smallest absolute Gasteiger partial charge is 0.416 e. The van der Waals surface area contributed by atoms with E-state index in [4.69, 9.17) is 9.47 Å². The van der Waals surface area contributed by atoms with Gasteiger partial charge in [0.05, 0.1) is 23.1 Å². The van der Waals surface area contributed by atoms with Crippen LogP contribution in [0.1, 0.15) is 48.4 Å². The second-order valence-corrected chi connectivity index (χ2v) is 11.4. The summed E-state index contributed by atoms with van der Waals surface area (Å²) in [4.78, 5) is 29.8. The zero-order chi connectivity index (χ0) is 28.6. The van der Waals surface area contributed by atoms with Crippen LogP contribution >= 0.6 is 0 Å². The van der Waals surface area contributed by atoms with Crippen molar-refractivity contribution in [1.82, 2.24) is 9.80 Å². The van der Waals surface area contributed by atoms with Gasteiger partial charge in [0.25, 0.3) is 0 Å². The number of piperidine rings is 1. The molecule has 1 amide bonds. The lowest BCUT2D eigenvalue weighted by Crippen LogP contribution is -2.78. The molecule has 0 radical (unpaired) electrons. The number of phenols is 1. The molecule has 212 valence electrons. The monoisotopic (exact) mass is 556 g/mol. The minimum absolute atomic E-state index is 0.0200. The molecule has 40 heavy (non-hydrogen) atoms. The Labute approximate surface area is 230 Å². The maximum Gasteiger partial charge on any atom is 0.416 e. The van der Waals surface area contributed by atoms with Crippen LogP contribution in [-0.2, 0) is 32.3 Å². The molecule has 7 nitrogen and oxygen atoms in total. The van der Waals surface area contributed by atoms with Gasteiger partial charge < -0.3 is 19.5 Å². The lowest BCUT2D eigenvalue weighted by atomic mass is 9.48. The maximum absolute atomic E-state index is 13.4. The molecule has 2 aromatic carbocycles. The number of aromatic hydroxyl groups is 1. The van der Waals surface area contributed by atoms with E-state index < -0.39 is 34.9 Å². The molecular weight excluding hydrogens is 525 g/mol. The topological polar surface area (TPSA) is 79.3 Å². The molecule has 2 aromatic rings. The molecule has 6 rings (SSSR count). The molecule has 1 saturated heterocycles. The fourth-order valence-corrected chi connectivity index (χ4v) is 7.79. The fourth-order valence-electron chi connectivity index (χ4n) is 7.79. The molecule has 10 heteroatoms. The number of amides is 1. The van der Waals surface area contributed by atoms with Crippen molar-refractivity contribution < 1.29 is 37.3 Å². The largest absolute Gasteiger partial charge is 0.504 e. The molecule has 1 N–H and O–H groups in total. The molecule has 2 aliphatic heterocycles. The number of phenolic OH excluding ortho intramolecular Hbond substituents is 1. The molecule has 1 saturated carbocycles. The summed E-state index contributed by atoms with van der Waals surface area (Å²) in [5.74, 6) is -0.287. The van der Waals surface area contributed by atoms with Crippen LogP contribution in [-0.4, -0.2) is 71.2 Å². The predicted octanol–water partition coefficient (Wildman–Crippen LogP) is 4.31. The third-order valence-corrected chi connectivity index (χ3v) is 9.49. The Bertz CT molecular complexity index is 1410. The highest BCUT2D eigenvalue weighted by molar-refractivity contribution is 5.92. The van der Waals surface area contributed by atoms with Crippen LogP contribution in [0.15, 0.2) is 42.5 Å². The van der Waals surface area contributed by atoms with Crippen molar-refractivity contribution >= 4 is 18.0 Å². The lowest BCUT2D eigenvalue weighted by Gasteiger charge is -2.65. The van der Waals surface area contributed by atoms with Crippen molar-refractivity contribution in [2.75, 3.05) is 20.6 Å². The number of hydrogen-bond acceptors (Lipinski definition) is 6. The maximum atomic E-state index is 13.4. The first-order chi connectivity index (χ1) is 18.9. The van der Waals surface area contributed by atoms with Crippen LogP contribution < -0.4 is 4.74 Å². The van der Waals surface area contributed by atoms with Crippen molar-refractivity contribution in [2.45, 2.75) is 68.0 Å². The van der Waals surface area contributed by atoms with E-state index in [2.05, 4.69) is 4.90 Å². The predicted molar refractivity (Wildman–Crippen MR) is 140 cm³/mol. The highest BCUT2D eigenvalue weighted by atomic mass is 19.4. The van der Waals surface area contributed by atoms with Crippen LogP contribution in [0.5, 0.6) is 11.5 Å². The van der Waals surface area contributed by atoms with Crippen LogP contribution in [0.3, 0.4) is 0 Å². The third-order valence-electron chi connectivity index (χ3n) is 9.49. The number of hydrogen-bond donors (Lipinski definition) is 1. The number of benzene rings is 2. The number of carbonyl (C=O) groups is 2. The van der Waals surface area contributed by atoms with Gasteiger partial charge in [0, 0.05) is 25.6 Å². The standard InChI is InChI=1S/C30H31F3N2O5/c1-17(36)40-29-13-12-21(35(3)24(38)11-6-18-4-8-20(9-5-18)30(31,32)33)27-28(29)14-15-34(2)23(29)16-19-7-10-22(37)26(39-27)25(19)28/h4-11,21,23,27,37H,12-16H2,1-3H3/t21-,23+,27-,28-,29+/m0/s1. The van der Waals surface area contributed by atoms with Crippen LogP contribution in [0.2, 0.25) is 0 Å². The molecule has 1 spiro atoms. The average Bonchev–Trinajstić information content (AvgIpc) is 3.26. The van der Waals surface area contributed by atoms with Gasteiger partial charge in [-0.25, -0.2) is 0 Å². The van der Waals surface area contributed by atoms with Gasteiger partial charge in [-0.1, -0.05) is 18.2 Å². The number of esters is 1. The summed E-state index contributed by atoms with van der Waals surface area (Å²) in [5, 5.41) is 10.8. The normalized spacial score (nSPS) is 30.5. The van der Waals surface area contributed by atoms with Crippen molar-refractivity contribution in [1.29, 1.82) is 0 Å². The van der Waals surface area contributed by atoms with Gasteiger partial charge in [0.2, 0.25) is 5.91 Å².